The van der Waals surface area contributed by atoms with Crippen LogP contribution >= 0.6 is 0 Å². The molecule has 0 radical (unpaired) electrons. The maximum Gasteiger partial charge on any atom is 0.120 e. The first kappa shape index (κ1) is 23.4. The molecule has 0 heterocycles. The molecule has 1 nitrogen and oxygen atoms in total. The monoisotopic (exact) mass is 432 g/mol. The minimum Gasteiger partial charge on any atom is -0.490 e. The molecule has 2 saturated carbocycles. The van der Waals surface area contributed by atoms with Gasteiger partial charge in [0, 0.05) is 0 Å². The van der Waals surface area contributed by atoms with Gasteiger partial charge < -0.3 is 4.74 Å². The lowest BCUT2D eigenvalue weighted by molar-refractivity contribution is 0.113. The smallest absolute Gasteiger partial charge is 0.120 e. The van der Waals surface area contributed by atoms with Crippen LogP contribution in [0.5, 0.6) is 5.75 Å². The van der Waals surface area contributed by atoms with E-state index < -0.39 is 0 Å². The van der Waals surface area contributed by atoms with E-state index in [1.54, 1.807) is 5.56 Å². The second-order valence-electron chi connectivity index (χ2n) is 10.6. The lowest BCUT2D eigenvalue weighted by atomic mass is 9.63. The molecule has 174 valence electrons. The van der Waals surface area contributed by atoms with Crippen molar-refractivity contribution in [2.45, 2.75) is 96.8 Å². The van der Waals surface area contributed by atoms with Crippen molar-refractivity contribution in [2.24, 2.45) is 17.8 Å². The Labute approximate surface area is 196 Å². The van der Waals surface area contributed by atoms with Crippen LogP contribution in [-0.2, 0) is 0 Å². The van der Waals surface area contributed by atoms with E-state index in [9.17, 15) is 0 Å². The van der Waals surface area contributed by atoms with E-state index in [1.807, 2.05) is 19.1 Å². The standard InChI is InChI=1S/C31H44O/c1-3-5-7-8-9-10-24-11-12-26-21-27(14-13-25(26)20-24)28-15-16-30-23-31(32-19-6-4-2)18-17-29(30)22-28/h4,6,15-18,22-27H,3,5,7-14,19-21H2,1-2H3/b6-4+. The zero-order valence-electron chi connectivity index (χ0n) is 20.5. The summed E-state index contributed by atoms with van der Waals surface area (Å²) in [6.07, 6.45) is 21.5. The fourth-order valence-electron chi connectivity index (χ4n) is 6.41. The van der Waals surface area contributed by atoms with Gasteiger partial charge in [-0.25, -0.2) is 0 Å². The number of benzene rings is 2. The quantitative estimate of drug-likeness (QED) is 0.268. The second-order valence-corrected chi connectivity index (χ2v) is 10.6. The van der Waals surface area contributed by atoms with E-state index in [1.165, 1.54) is 87.8 Å². The molecule has 2 aliphatic rings. The predicted molar refractivity (Wildman–Crippen MR) is 139 cm³/mol. The van der Waals surface area contributed by atoms with E-state index in [4.69, 9.17) is 4.74 Å². The summed E-state index contributed by atoms with van der Waals surface area (Å²) in [6.45, 7) is 4.98. The molecule has 0 saturated heterocycles. The predicted octanol–water partition coefficient (Wildman–Crippen LogP) is 9.46. The fourth-order valence-corrected chi connectivity index (χ4v) is 6.41. The minimum atomic E-state index is 0.643. The molecule has 0 bridgehead atoms. The first-order chi connectivity index (χ1) is 15.8. The summed E-state index contributed by atoms with van der Waals surface area (Å²) in [7, 11) is 0. The van der Waals surface area contributed by atoms with E-state index in [-0.39, 0.29) is 0 Å². The molecule has 2 fully saturated rings. The first-order valence-electron chi connectivity index (χ1n) is 13.5. The van der Waals surface area contributed by atoms with Crippen molar-refractivity contribution in [2.75, 3.05) is 6.61 Å². The van der Waals surface area contributed by atoms with Crippen molar-refractivity contribution in [3.8, 4) is 5.75 Å². The molecule has 4 atom stereocenters. The molecule has 0 aliphatic heterocycles. The molecule has 0 aromatic heterocycles. The van der Waals surface area contributed by atoms with Crippen LogP contribution in [0.1, 0.15) is 102 Å². The fraction of sp³-hybridized carbons (Fsp3) is 0.613. The summed E-state index contributed by atoms with van der Waals surface area (Å²) >= 11 is 0. The molecule has 2 aromatic rings. The highest BCUT2D eigenvalue weighted by Crippen LogP contribution is 2.48. The van der Waals surface area contributed by atoms with Gasteiger partial charge in [-0.3, -0.25) is 0 Å². The Hall–Kier alpha value is -1.76. The minimum absolute atomic E-state index is 0.643. The number of hydrogen-bond donors (Lipinski definition) is 0. The van der Waals surface area contributed by atoms with Gasteiger partial charge in [-0.1, -0.05) is 88.3 Å². The second kappa shape index (κ2) is 11.9. The van der Waals surface area contributed by atoms with Crippen LogP contribution in [0.25, 0.3) is 10.8 Å². The van der Waals surface area contributed by atoms with Crippen LogP contribution < -0.4 is 4.74 Å². The van der Waals surface area contributed by atoms with E-state index in [0.29, 0.717) is 6.61 Å². The van der Waals surface area contributed by atoms with Crippen LogP contribution in [0.4, 0.5) is 0 Å². The maximum atomic E-state index is 5.82. The van der Waals surface area contributed by atoms with Crippen molar-refractivity contribution < 1.29 is 4.74 Å². The van der Waals surface area contributed by atoms with E-state index in [0.717, 1.165) is 29.4 Å². The summed E-state index contributed by atoms with van der Waals surface area (Å²) in [4.78, 5) is 0. The summed E-state index contributed by atoms with van der Waals surface area (Å²) < 4.78 is 5.82. The molecular formula is C31H44O. The Morgan fingerprint density at radius 2 is 1.62 bits per heavy atom. The molecule has 0 N–H and O–H groups in total. The van der Waals surface area contributed by atoms with Crippen molar-refractivity contribution in [1.82, 2.24) is 0 Å². The highest BCUT2D eigenvalue weighted by Gasteiger charge is 2.35. The number of unbranched alkanes of at least 4 members (excludes halogenated alkanes) is 4. The number of fused-ring (bicyclic) bond motifs is 2. The summed E-state index contributed by atoms with van der Waals surface area (Å²) in [5.41, 5.74) is 1.57. The van der Waals surface area contributed by atoms with Gasteiger partial charge in [-0.05, 0) is 91.2 Å². The number of rotatable bonds is 10. The van der Waals surface area contributed by atoms with Crippen LogP contribution in [-0.4, -0.2) is 6.61 Å². The molecule has 0 spiro atoms. The summed E-state index contributed by atoms with van der Waals surface area (Å²) in [5, 5.41) is 2.65. The molecule has 4 unspecified atom stereocenters. The largest absolute Gasteiger partial charge is 0.490 e. The lowest BCUT2D eigenvalue weighted by Crippen LogP contribution is -2.30. The van der Waals surface area contributed by atoms with Gasteiger partial charge in [0.2, 0.25) is 0 Å². The first-order valence-corrected chi connectivity index (χ1v) is 13.5. The van der Waals surface area contributed by atoms with Gasteiger partial charge in [-0.15, -0.1) is 0 Å². The number of hydrogen-bond acceptors (Lipinski definition) is 1. The van der Waals surface area contributed by atoms with Gasteiger partial charge in [0.05, 0.1) is 0 Å². The Kier molecular flexibility index (Phi) is 8.71. The van der Waals surface area contributed by atoms with Gasteiger partial charge in [0.15, 0.2) is 0 Å². The van der Waals surface area contributed by atoms with Crippen LogP contribution in [0.15, 0.2) is 48.6 Å². The Bertz CT molecular complexity index is 866. The Balaban J connectivity index is 1.30. The van der Waals surface area contributed by atoms with Gasteiger partial charge in [0.1, 0.15) is 12.4 Å². The SMILES string of the molecule is C/C=C/COc1ccc2cc(C3CCC4CC(CCCCCCC)CCC4C3)ccc2c1. The maximum absolute atomic E-state index is 5.82. The van der Waals surface area contributed by atoms with Crippen molar-refractivity contribution >= 4 is 10.8 Å². The third-order valence-electron chi connectivity index (χ3n) is 8.33. The van der Waals surface area contributed by atoms with Gasteiger partial charge in [-0.2, -0.15) is 0 Å². The lowest BCUT2D eigenvalue weighted by Gasteiger charge is -2.42. The highest BCUT2D eigenvalue weighted by atomic mass is 16.5. The Morgan fingerprint density at radius 1 is 0.844 bits per heavy atom. The topological polar surface area (TPSA) is 9.23 Å². The molecule has 1 heteroatoms. The van der Waals surface area contributed by atoms with Crippen molar-refractivity contribution in [1.29, 1.82) is 0 Å². The van der Waals surface area contributed by atoms with Crippen molar-refractivity contribution in [3.05, 3.63) is 54.1 Å². The molecule has 0 amide bonds. The molecule has 2 aliphatic carbocycles. The Morgan fingerprint density at radius 3 is 2.50 bits per heavy atom. The summed E-state index contributed by atoms with van der Waals surface area (Å²) in [6, 6.07) is 13.7. The summed E-state index contributed by atoms with van der Waals surface area (Å²) in [5.74, 6) is 4.74. The van der Waals surface area contributed by atoms with Gasteiger partial charge in [0.25, 0.3) is 0 Å². The third kappa shape index (κ3) is 6.18. The average Bonchev–Trinajstić information content (AvgIpc) is 2.83. The highest BCUT2D eigenvalue weighted by molar-refractivity contribution is 5.84. The van der Waals surface area contributed by atoms with Crippen LogP contribution in [0.2, 0.25) is 0 Å². The number of ether oxygens (including phenoxy) is 1. The normalized spacial score (nSPS) is 25.8. The van der Waals surface area contributed by atoms with E-state index in [2.05, 4.69) is 43.3 Å². The van der Waals surface area contributed by atoms with Crippen molar-refractivity contribution in [3.63, 3.8) is 0 Å². The number of allylic oxidation sites excluding steroid dienone is 1. The van der Waals surface area contributed by atoms with Gasteiger partial charge >= 0.3 is 0 Å². The third-order valence-corrected chi connectivity index (χ3v) is 8.33. The average molecular weight is 433 g/mol. The molecule has 4 rings (SSSR count). The molecule has 32 heavy (non-hydrogen) atoms. The zero-order chi connectivity index (χ0) is 22.2. The van der Waals surface area contributed by atoms with Crippen LogP contribution in [0.3, 0.4) is 0 Å². The zero-order valence-corrected chi connectivity index (χ0v) is 20.5. The van der Waals surface area contributed by atoms with E-state index >= 15 is 0 Å². The molecular weight excluding hydrogens is 388 g/mol. The van der Waals surface area contributed by atoms with Crippen LogP contribution in [0, 0.1) is 17.8 Å². The molecule has 2 aromatic carbocycles.